The number of rotatable bonds is 6. The van der Waals surface area contributed by atoms with Crippen molar-refractivity contribution < 1.29 is 19.1 Å². The number of hydrogen-bond donors (Lipinski definition) is 2. The molecule has 0 aliphatic heterocycles. The van der Waals surface area contributed by atoms with Gasteiger partial charge in [0.2, 0.25) is 5.91 Å². The molecule has 0 saturated heterocycles. The second kappa shape index (κ2) is 8.13. The van der Waals surface area contributed by atoms with Crippen molar-refractivity contribution in [1.29, 1.82) is 0 Å². The highest BCUT2D eigenvalue weighted by Gasteiger charge is 2.25. The standard InChI is InChI=1S/C17H17ClN2O4S/c1-3-24-17(23)13-9(2)14(15(19)22)25-16(13)20-12(21)8-10-6-4-5-7-11(10)18/h4-7H,3,8H2,1-2H3,(H2,19,22)(H,20,21). The van der Waals surface area contributed by atoms with Crippen molar-refractivity contribution in [3.63, 3.8) is 0 Å². The van der Waals surface area contributed by atoms with E-state index in [0.717, 1.165) is 11.3 Å². The fourth-order valence-corrected chi connectivity index (χ4v) is 3.54. The maximum Gasteiger partial charge on any atom is 0.341 e. The second-order valence-electron chi connectivity index (χ2n) is 5.16. The highest BCUT2D eigenvalue weighted by molar-refractivity contribution is 7.18. The van der Waals surface area contributed by atoms with Crippen molar-refractivity contribution in [2.24, 2.45) is 5.73 Å². The number of ether oxygens (including phenoxy) is 1. The van der Waals surface area contributed by atoms with Crippen LogP contribution < -0.4 is 11.1 Å². The minimum Gasteiger partial charge on any atom is -0.462 e. The summed E-state index contributed by atoms with van der Waals surface area (Å²) in [6, 6.07) is 6.97. The van der Waals surface area contributed by atoms with Crippen LogP contribution >= 0.6 is 22.9 Å². The number of primary amides is 1. The van der Waals surface area contributed by atoms with Gasteiger partial charge >= 0.3 is 5.97 Å². The number of thiophene rings is 1. The van der Waals surface area contributed by atoms with Gasteiger partial charge in [0.25, 0.3) is 5.91 Å². The molecule has 132 valence electrons. The first-order chi connectivity index (χ1) is 11.8. The molecular formula is C17H17ClN2O4S. The Labute approximate surface area is 153 Å². The van der Waals surface area contributed by atoms with Crippen LogP contribution in [0.1, 0.15) is 38.1 Å². The lowest BCUT2D eigenvalue weighted by Gasteiger charge is -2.08. The Balaban J connectivity index is 2.30. The molecule has 6 nitrogen and oxygen atoms in total. The fourth-order valence-electron chi connectivity index (χ4n) is 2.27. The van der Waals surface area contributed by atoms with Gasteiger partial charge in [-0.1, -0.05) is 29.8 Å². The Kier molecular flexibility index (Phi) is 6.17. The highest BCUT2D eigenvalue weighted by Crippen LogP contribution is 2.33. The molecule has 1 aromatic carbocycles. The van der Waals surface area contributed by atoms with Crippen molar-refractivity contribution in [3.05, 3.63) is 50.9 Å². The average molecular weight is 381 g/mol. The van der Waals surface area contributed by atoms with E-state index in [9.17, 15) is 14.4 Å². The Morgan fingerprint density at radius 1 is 1.28 bits per heavy atom. The summed E-state index contributed by atoms with van der Waals surface area (Å²) in [6.07, 6.45) is 0.0325. The quantitative estimate of drug-likeness (QED) is 0.752. The first kappa shape index (κ1) is 19.0. The summed E-state index contributed by atoms with van der Waals surface area (Å²) in [5.41, 5.74) is 6.53. The molecule has 0 bridgehead atoms. The lowest BCUT2D eigenvalue weighted by atomic mass is 10.1. The monoisotopic (exact) mass is 380 g/mol. The van der Waals surface area contributed by atoms with E-state index in [1.54, 1.807) is 38.1 Å². The molecule has 0 spiro atoms. The third-order valence-electron chi connectivity index (χ3n) is 3.41. The van der Waals surface area contributed by atoms with Crippen LogP contribution in [0.15, 0.2) is 24.3 Å². The summed E-state index contributed by atoms with van der Waals surface area (Å²) < 4.78 is 5.00. The molecular weight excluding hydrogens is 364 g/mol. The molecule has 0 fully saturated rings. The molecule has 25 heavy (non-hydrogen) atoms. The number of esters is 1. The molecule has 0 aliphatic carbocycles. The van der Waals surface area contributed by atoms with Crippen molar-refractivity contribution >= 4 is 45.7 Å². The minimum atomic E-state index is -0.667. The summed E-state index contributed by atoms with van der Waals surface area (Å²) in [5.74, 6) is -1.65. The molecule has 1 aromatic heterocycles. The number of amides is 2. The van der Waals surface area contributed by atoms with E-state index in [0.29, 0.717) is 16.1 Å². The maximum atomic E-state index is 12.3. The van der Waals surface area contributed by atoms with Crippen LogP contribution in [0, 0.1) is 6.92 Å². The van der Waals surface area contributed by atoms with Crippen LogP contribution in [-0.4, -0.2) is 24.4 Å². The second-order valence-corrected chi connectivity index (χ2v) is 6.59. The number of carbonyl (C=O) groups excluding carboxylic acids is 3. The van der Waals surface area contributed by atoms with Gasteiger partial charge in [0, 0.05) is 5.02 Å². The summed E-state index contributed by atoms with van der Waals surface area (Å²) in [4.78, 5) is 36.2. The third-order valence-corrected chi connectivity index (χ3v) is 5.00. The lowest BCUT2D eigenvalue weighted by molar-refractivity contribution is -0.115. The van der Waals surface area contributed by atoms with E-state index in [-0.39, 0.29) is 34.4 Å². The van der Waals surface area contributed by atoms with Gasteiger partial charge in [-0.05, 0) is 31.0 Å². The summed E-state index contributed by atoms with van der Waals surface area (Å²) in [5, 5.41) is 3.37. The fraction of sp³-hybridized carbons (Fsp3) is 0.235. The number of carbonyl (C=O) groups is 3. The minimum absolute atomic E-state index is 0.0325. The van der Waals surface area contributed by atoms with Crippen LogP contribution in [0.5, 0.6) is 0 Å². The molecule has 0 unspecified atom stereocenters. The Morgan fingerprint density at radius 2 is 1.96 bits per heavy atom. The van der Waals surface area contributed by atoms with E-state index in [1.165, 1.54) is 0 Å². The molecule has 2 rings (SSSR count). The molecule has 1 heterocycles. The number of nitrogens with one attached hydrogen (secondary N) is 1. The maximum absolute atomic E-state index is 12.3. The summed E-state index contributed by atoms with van der Waals surface area (Å²) >= 11 is 7.00. The number of nitrogens with two attached hydrogens (primary N) is 1. The van der Waals surface area contributed by atoms with Crippen LogP contribution in [0.25, 0.3) is 0 Å². The highest BCUT2D eigenvalue weighted by atomic mass is 35.5. The molecule has 8 heteroatoms. The smallest absolute Gasteiger partial charge is 0.341 e. The molecule has 0 saturated carbocycles. The van der Waals surface area contributed by atoms with E-state index in [2.05, 4.69) is 5.32 Å². The molecule has 3 N–H and O–H groups in total. The zero-order chi connectivity index (χ0) is 18.6. The van der Waals surface area contributed by atoms with Crippen molar-refractivity contribution in [3.8, 4) is 0 Å². The molecule has 0 aliphatic rings. The van der Waals surface area contributed by atoms with Gasteiger partial charge in [-0.2, -0.15) is 0 Å². The van der Waals surface area contributed by atoms with Gasteiger partial charge in [0.05, 0.1) is 23.5 Å². The first-order valence-electron chi connectivity index (χ1n) is 7.48. The largest absolute Gasteiger partial charge is 0.462 e. The third kappa shape index (κ3) is 4.37. The molecule has 2 aromatic rings. The van der Waals surface area contributed by atoms with Crippen molar-refractivity contribution in [1.82, 2.24) is 0 Å². The van der Waals surface area contributed by atoms with E-state index in [1.807, 2.05) is 0 Å². The van der Waals surface area contributed by atoms with Gasteiger partial charge < -0.3 is 15.8 Å². The average Bonchev–Trinajstić information content (AvgIpc) is 2.86. The van der Waals surface area contributed by atoms with Crippen LogP contribution in [0.3, 0.4) is 0 Å². The van der Waals surface area contributed by atoms with Crippen LogP contribution in [-0.2, 0) is 16.0 Å². The van der Waals surface area contributed by atoms with Gasteiger partial charge in [-0.25, -0.2) is 4.79 Å². The number of benzene rings is 1. The van der Waals surface area contributed by atoms with Gasteiger partial charge in [-0.15, -0.1) is 11.3 Å². The Hall–Kier alpha value is -2.38. The van der Waals surface area contributed by atoms with Crippen LogP contribution in [0.2, 0.25) is 5.02 Å². The normalized spacial score (nSPS) is 10.4. The van der Waals surface area contributed by atoms with Gasteiger partial charge in [0.15, 0.2) is 0 Å². The lowest BCUT2D eigenvalue weighted by Crippen LogP contribution is -2.17. The summed E-state index contributed by atoms with van der Waals surface area (Å²) in [6.45, 7) is 3.43. The van der Waals surface area contributed by atoms with E-state index >= 15 is 0 Å². The van der Waals surface area contributed by atoms with Crippen molar-refractivity contribution in [2.75, 3.05) is 11.9 Å². The number of hydrogen-bond acceptors (Lipinski definition) is 5. The van der Waals surface area contributed by atoms with Crippen molar-refractivity contribution in [2.45, 2.75) is 20.3 Å². The Morgan fingerprint density at radius 3 is 2.56 bits per heavy atom. The Bertz CT molecular complexity index is 832. The zero-order valence-corrected chi connectivity index (χ0v) is 15.3. The molecule has 0 radical (unpaired) electrons. The molecule has 2 amide bonds. The number of halogens is 1. The predicted octanol–water partition coefficient (Wildman–Crippen LogP) is 3.17. The van der Waals surface area contributed by atoms with Gasteiger partial charge in [0.1, 0.15) is 5.00 Å². The number of anilines is 1. The molecule has 0 atom stereocenters. The summed E-state index contributed by atoms with van der Waals surface area (Å²) in [7, 11) is 0. The SMILES string of the molecule is CCOC(=O)c1c(NC(=O)Cc2ccccc2Cl)sc(C(N)=O)c1C. The first-order valence-corrected chi connectivity index (χ1v) is 8.68. The zero-order valence-electron chi connectivity index (χ0n) is 13.7. The van der Waals surface area contributed by atoms with E-state index < -0.39 is 11.9 Å². The van der Waals surface area contributed by atoms with Crippen LogP contribution in [0.4, 0.5) is 5.00 Å². The topological polar surface area (TPSA) is 98.5 Å². The van der Waals surface area contributed by atoms with E-state index in [4.69, 9.17) is 22.1 Å². The predicted molar refractivity (Wildman–Crippen MR) is 97.3 cm³/mol. The van der Waals surface area contributed by atoms with Gasteiger partial charge in [-0.3, -0.25) is 9.59 Å².